The lowest BCUT2D eigenvalue weighted by atomic mass is 9.86. The molecule has 0 aromatic heterocycles. The number of ether oxygens (including phenoxy) is 1. The SMILES string of the molecule is [CH2]OC(=O)C1CCC1. The number of esters is 1. The van der Waals surface area contributed by atoms with Gasteiger partial charge in [0.05, 0.1) is 5.92 Å². The molecule has 0 amide bonds. The van der Waals surface area contributed by atoms with Crippen molar-refractivity contribution >= 4 is 5.97 Å². The summed E-state index contributed by atoms with van der Waals surface area (Å²) in [6.07, 6.45) is 3.16. The van der Waals surface area contributed by atoms with Crippen LogP contribution in [-0.4, -0.2) is 5.97 Å². The van der Waals surface area contributed by atoms with Crippen LogP contribution in [-0.2, 0) is 9.53 Å². The maximum atomic E-state index is 10.5. The van der Waals surface area contributed by atoms with Crippen molar-refractivity contribution in [2.75, 3.05) is 0 Å². The summed E-state index contributed by atoms with van der Waals surface area (Å²) in [5.74, 6) is 0.0312. The summed E-state index contributed by atoms with van der Waals surface area (Å²) in [7, 11) is 3.04. The fraction of sp³-hybridized carbons (Fsp3) is 0.667. The minimum Gasteiger partial charge on any atom is -0.462 e. The molecule has 1 radical (unpaired) electrons. The van der Waals surface area contributed by atoms with Gasteiger partial charge in [0.15, 0.2) is 0 Å². The highest BCUT2D eigenvalue weighted by Gasteiger charge is 2.25. The predicted octanol–water partition coefficient (Wildman–Crippen LogP) is 1.12. The fourth-order valence-corrected chi connectivity index (χ4v) is 0.762. The predicted molar refractivity (Wildman–Crippen MR) is 28.8 cm³/mol. The molecule has 0 bridgehead atoms. The first-order chi connectivity index (χ1) is 3.84. The molecule has 2 nitrogen and oxygen atoms in total. The summed E-state index contributed by atoms with van der Waals surface area (Å²) >= 11 is 0. The van der Waals surface area contributed by atoms with E-state index < -0.39 is 0 Å². The molecule has 1 fully saturated rings. The minimum absolute atomic E-state index is 0.142. The lowest BCUT2D eigenvalue weighted by Gasteiger charge is -2.21. The van der Waals surface area contributed by atoms with Gasteiger partial charge in [-0.1, -0.05) is 6.42 Å². The Morgan fingerprint density at radius 1 is 1.62 bits per heavy atom. The highest BCUT2D eigenvalue weighted by molar-refractivity contribution is 5.73. The number of carbonyl (C=O) groups is 1. The molecule has 45 valence electrons. The number of hydrogen-bond donors (Lipinski definition) is 0. The second kappa shape index (κ2) is 2.16. The molecule has 0 spiro atoms. The Labute approximate surface area is 48.8 Å². The molecule has 0 N–H and O–H groups in total. The maximum Gasteiger partial charge on any atom is 0.309 e. The molecule has 0 aromatic rings. The average molecular weight is 113 g/mol. The van der Waals surface area contributed by atoms with E-state index in [2.05, 4.69) is 11.8 Å². The topological polar surface area (TPSA) is 26.3 Å². The third-order valence-electron chi connectivity index (χ3n) is 1.58. The van der Waals surface area contributed by atoms with E-state index in [-0.39, 0.29) is 11.9 Å². The number of hydrogen-bond acceptors (Lipinski definition) is 2. The molecule has 0 aromatic carbocycles. The van der Waals surface area contributed by atoms with E-state index in [1.807, 2.05) is 0 Å². The maximum absolute atomic E-state index is 10.5. The Morgan fingerprint density at radius 2 is 2.25 bits per heavy atom. The minimum atomic E-state index is -0.142. The van der Waals surface area contributed by atoms with Crippen LogP contribution >= 0.6 is 0 Å². The van der Waals surface area contributed by atoms with E-state index in [0.717, 1.165) is 12.8 Å². The van der Waals surface area contributed by atoms with Crippen molar-refractivity contribution in [1.29, 1.82) is 0 Å². The quantitative estimate of drug-likeness (QED) is 0.476. The molecule has 0 atom stereocenters. The summed E-state index contributed by atoms with van der Waals surface area (Å²) in [5, 5.41) is 0. The van der Waals surface area contributed by atoms with Gasteiger partial charge in [-0.3, -0.25) is 4.79 Å². The molecule has 0 heterocycles. The second-order valence-electron chi connectivity index (χ2n) is 2.09. The monoisotopic (exact) mass is 113 g/mol. The Balaban J connectivity index is 2.24. The fourth-order valence-electron chi connectivity index (χ4n) is 0.762. The molecule has 2 heteroatoms. The molecule has 0 saturated heterocycles. The van der Waals surface area contributed by atoms with E-state index in [1.165, 1.54) is 6.42 Å². The Bertz CT molecular complexity index is 94.7. The van der Waals surface area contributed by atoms with Crippen LogP contribution in [0.3, 0.4) is 0 Å². The van der Waals surface area contributed by atoms with Crippen LogP contribution < -0.4 is 0 Å². The third-order valence-corrected chi connectivity index (χ3v) is 1.58. The molecule has 1 aliphatic rings. The zero-order chi connectivity index (χ0) is 5.98. The van der Waals surface area contributed by atoms with Crippen molar-refractivity contribution in [1.82, 2.24) is 0 Å². The van der Waals surface area contributed by atoms with Crippen LogP contribution in [0.15, 0.2) is 0 Å². The largest absolute Gasteiger partial charge is 0.462 e. The average Bonchev–Trinajstić information content (AvgIpc) is 1.62. The molecule has 0 aliphatic heterocycles. The van der Waals surface area contributed by atoms with Gasteiger partial charge in [-0.25, -0.2) is 0 Å². The van der Waals surface area contributed by atoms with E-state index in [4.69, 9.17) is 0 Å². The number of carbonyl (C=O) groups excluding carboxylic acids is 1. The van der Waals surface area contributed by atoms with Crippen molar-refractivity contribution in [2.45, 2.75) is 19.3 Å². The standard InChI is InChI=1S/C6H9O2/c1-8-6(7)5-3-2-4-5/h5H,1-4H2. The van der Waals surface area contributed by atoms with E-state index in [9.17, 15) is 4.79 Å². The van der Waals surface area contributed by atoms with Crippen LogP contribution in [0.4, 0.5) is 0 Å². The smallest absolute Gasteiger partial charge is 0.309 e. The second-order valence-corrected chi connectivity index (χ2v) is 2.09. The van der Waals surface area contributed by atoms with Gasteiger partial charge in [0.25, 0.3) is 0 Å². The Morgan fingerprint density at radius 3 is 2.38 bits per heavy atom. The molecule has 1 rings (SSSR count). The summed E-state index contributed by atoms with van der Waals surface area (Å²) in [5.41, 5.74) is 0. The van der Waals surface area contributed by atoms with Crippen molar-refractivity contribution in [3.05, 3.63) is 7.11 Å². The van der Waals surface area contributed by atoms with Crippen LogP contribution in [0.5, 0.6) is 0 Å². The van der Waals surface area contributed by atoms with Gasteiger partial charge < -0.3 is 4.74 Å². The first kappa shape index (κ1) is 5.60. The van der Waals surface area contributed by atoms with Gasteiger partial charge in [0.1, 0.15) is 7.11 Å². The van der Waals surface area contributed by atoms with Gasteiger partial charge in [-0.05, 0) is 12.8 Å². The van der Waals surface area contributed by atoms with Crippen LogP contribution in [0, 0.1) is 13.0 Å². The molecular formula is C6H9O2. The van der Waals surface area contributed by atoms with Crippen molar-refractivity contribution in [3.8, 4) is 0 Å². The zero-order valence-corrected chi connectivity index (χ0v) is 4.72. The lowest BCUT2D eigenvalue weighted by Crippen LogP contribution is -2.22. The van der Waals surface area contributed by atoms with Crippen molar-refractivity contribution in [3.63, 3.8) is 0 Å². The zero-order valence-electron chi connectivity index (χ0n) is 4.72. The molecule has 0 unspecified atom stereocenters. The van der Waals surface area contributed by atoms with E-state index >= 15 is 0 Å². The normalized spacial score (nSPS) is 19.6. The molecule has 8 heavy (non-hydrogen) atoms. The van der Waals surface area contributed by atoms with Gasteiger partial charge in [0, 0.05) is 0 Å². The van der Waals surface area contributed by atoms with Gasteiger partial charge in [-0.2, -0.15) is 0 Å². The highest BCUT2D eigenvalue weighted by Crippen LogP contribution is 2.26. The summed E-state index contributed by atoms with van der Waals surface area (Å²) < 4.78 is 4.27. The summed E-state index contributed by atoms with van der Waals surface area (Å²) in [6.45, 7) is 0. The third kappa shape index (κ3) is 0.831. The van der Waals surface area contributed by atoms with Gasteiger partial charge in [-0.15, -0.1) is 0 Å². The van der Waals surface area contributed by atoms with Crippen LogP contribution in [0.25, 0.3) is 0 Å². The Kier molecular flexibility index (Phi) is 1.51. The Hall–Kier alpha value is -0.530. The molecule has 1 saturated carbocycles. The lowest BCUT2D eigenvalue weighted by molar-refractivity contribution is -0.145. The van der Waals surface area contributed by atoms with E-state index in [0.29, 0.717) is 0 Å². The summed E-state index contributed by atoms with van der Waals surface area (Å²) in [6, 6.07) is 0. The van der Waals surface area contributed by atoms with Crippen LogP contribution in [0.2, 0.25) is 0 Å². The number of rotatable bonds is 1. The first-order valence-electron chi connectivity index (χ1n) is 2.80. The van der Waals surface area contributed by atoms with E-state index in [1.54, 1.807) is 0 Å². The first-order valence-corrected chi connectivity index (χ1v) is 2.80. The molecular weight excluding hydrogens is 104 g/mol. The van der Waals surface area contributed by atoms with Crippen molar-refractivity contribution < 1.29 is 9.53 Å². The van der Waals surface area contributed by atoms with Gasteiger partial charge in [0.2, 0.25) is 0 Å². The summed E-state index contributed by atoms with van der Waals surface area (Å²) in [4.78, 5) is 10.5. The van der Waals surface area contributed by atoms with Crippen LogP contribution in [0.1, 0.15) is 19.3 Å². The molecule has 1 aliphatic carbocycles. The van der Waals surface area contributed by atoms with Crippen molar-refractivity contribution in [2.24, 2.45) is 5.92 Å². The van der Waals surface area contributed by atoms with Gasteiger partial charge >= 0.3 is 5.97 Å². The highest BCUT2D eigenvalue weighted by atomic mass is 16.5.